The average Bonchev–Trinajstić information content (AvgIpc) is 2.73. The highest BCUT2D eigenvalue weighted by atomic mass is 16.5. The molecule has 0 saturated carbocycles. The van der Waals surface area contributed by atoms with Crippen LogP contribution in [-0.2, 0) is 4.79 Å². The predicted molar refractivity (Wildman–Crippen MR) is 111 cm³/mol. The molecule has 1 aliphatic rings. The third-order valence-corrected chi connectivity index (χ3v) is 5.04. The van der Waals surface area contributed by atoms with Gasteiger partial charge in [0.15, 0.2) is 5.78 Å². The summed E-state index contributed by atoms with van der Waals surface area (Å²) < 4.78 is 5.21. The van der Waals surface area contributed by atoms with Crippen LogP contribution in [0.15, 0.2) is 48.5 Å². The van der Waals surface area contributed by atoms with Crippen molar-refractivity contribution in [2.45, 2.75) is 13.3 Å². The standard InChI is InChI=1S/C22H27N3O3/c1-17(26)18-3-5-19(6-4-18)23-22(27)11-12-24-13-15-25(16-14-24)20-7-9-21(28-2)10-8-20/h3-10H,11-16H2,1-2H3,(H,23,27). The Hall–Kier alpha value is -2.86. The molecule has 0 bridgehead atoms. The molecule has 6 heteroatoms. The monoisotopic (exact) mass is 381 g/mol. The molecule has 3 rings (SSSR count). The van der Waals surface area contributed by atoms with Gasteiger partial charge in [0.05, 0.1) is 7.11 Å². The third-order valence-electron chi connectivity index (χ3n) is 5.04. The fraction of sp³-hybridized carbons (Fsp3) is 0.364. The number of hydrogen-bond donors (Lipinski definition) is 1. The Morgan fingerprint density at radius 2 is 1.61 bits per heavy atom. The molecule has 1 amide bonds. The van der Waals surface area contributed by atoms with Crippen molar-refractivity contribution < 1.29 is 14.3 Å². The van der Waals surface area contributed by atoms with Crippen molar-refractivity contribution in [3.8, 4) is 5.75 Å². The highest BCUT2D eigenvalue weighted by molar-refractivity contribution is 5.95. The van der Waals surface area contributed by atoms with Crippen LogP contribution in [-0.4, -0.2) is 56.4 Å². The van der Waals surface area contributed by atoms with Crippen LogP contribution in [0.3, 0.4) is 0 Å². The predicted octanol–water partition coefficient (Wildman–Crippen LogP) is 3.05. The first kappa shape index (κ1) is 19.9. The first-order chi connectivity index (χ1) is 13.5. The number of hydrogen-bond acceptors (Lipinski definition) is 5. The maximum atomic E-state index is 12.2. The maximum Gasteiger partial charge on any atom is 0.225 e. The van der Waals surface area contributed by atoms with E-state index in [1.165, 1.54) is 12.6 Å². The Morgan fingerprint density at radius 3 is 2.18 bits per heavy atom. The average molecular weight is 381 g/mol. The van der Waals surface area contributed by atoms with Gasteiger partial charge in [-0.3, -0.25) is 14.5 Å². The molecule has 2 aromatic carbocycles. The Labute approximate surface area is 166 Å². The highest BCUT2D eigenvalue weighted by Gasteiger charge is 2.18. The second kappa shape index (κ2) is 9.37. The Morgan fingerprint density at radius 1 is 0.964 bits per heavy atom. The van der Waals surface area contributed by atoms with Crippen molar-refractivity contribution in [3.05, 3.63) is 54.1 Å². The Kier molecular flexibility index (Phi) is 6.66. The Balaban J connectivity index is 1.40. The molecule has 28 heavy (non-hydrogen) atoms. The minimum absolute atomic E-state index is 0.00633. The lowest BCUT2D eigenvalue weighted by molar-refractivity contribution is -0.116. The summed E-state index contributed by atoms with van der Waals surface area (Å²) in [5.41, 5.74) is 2.57. The molecule has 0 aliphatic carbocycles. The first-order valence-corrected chi connectivity index (χ1v) is 9.57. The number of ether oxygens (including phenoxy) is 1. The van der Waals surface area contributed by atoms with Gasteiger partial charge >= 0.3 is 0 Å². The highest BCUT2D eigenvalue weighted by Crippen LogP contribution is 2.20. The second-order valence-electron chi connectivity index (χ2n) is 6.96. The smallest absolute Gasteiger partial charge is 0.225 e. The summed E-state index contributed by atoms with van der Waals surface area (Å²) in [7, 11) is 1.67. The molecule has 1 fully saturated rings. The number of nitrogens with one attached hydrogen (secondary N) is 1. The summed E-state index contributed by atoms with van der Waals surface area (Å²) >= 11 is 0. The lowest BCUT2D eigenvalue weighted by Crippen LogP contribution is -2.47. The number of benzene rings is 2. The van der Waals surface area contributed by atoms with Gasteiger partial charge in [0, 0.05) is 56.1 Å². The van der Waals surface area contributed by atoms with Crippen molar-refractivity contribution in [3.63, 3.8) is 0 Å². The lowest BCUT2D eigenvalue weighted by Gasteiger charge is -2.36. The minimum atomic E-state index is -0.00633. The van der Waals surface area contributed by atoms with Crippen LogP contribution in [0.25, 0.3) is 0 Å². The largest absolute Gasteiger partial charge is 0.497 e. The summed E-state index contributed by atoms with van der Waals surface area (Å²) in [6.45, 7) is 6.04. The van der Waals surface area contributed by atoms with Crippen LogP contribution < -0.4 is 15.0 Å². The van der Waals surface area contributed by atoms with Gasteiger partial charge in [0.2, 0.25) is 5.91 Å². The van der Waals surface area contributed by atoms with Gasteiger partial charge in [0.25, 0.3) is 0 Å². The van der Waals surface area contributed by atoms with Crippen LogP contribution in [0.4, 0.5) is 11.4 Å². The van der Waals surface area contributed by atoms with Crippen LogP contribution in [0.2, 0.25) is 0 Å². The normalized spacial score (nSPS) is 14.6. The minimum Gasteiger partial charge on any atom is -0.497 e. The van der Waals surface area contributed by atoms with E-state index in [1.807, 2.05) is 12.1 Å². The molecule has 1 aliphatic heterocycles. The summed E-state index contributed by atoms with van der Waals surface area (Å²) in [4.78, 5) is 28.2. The van der Waals surface area contributed by atoms with Crippen LogP contribution in [0.1, 0.15) is 23.7 Å². The van der Waals surface area contributed by atoms with Gasteiger partial charge < -0.3 is 15.0 Å². The van der Waals surface area contributed by atoms with Crippen molar-refractivity contribution >= 4 is 23.1 Å². The summed E-state index contributed by atoms with van der Waals surface area (Å²) in [5, 5.41) is 2.89. The van der Waals surface area contributed by atoms with E-state index >= 15 is 0 Å². The molecular formula is C22H27N3O3. The number of ketones is 1. The molecule has 0 radical (unpaired) electrons. The number of rotatable bonds is 7. The number of Topliss-reactive ketones (excluding diaryl/α,β-unsaturated/α-hetero) is 1. The van der Waals surface area contributed by atoms with Crippen molar-refractivity contribution in [1.82, 2.24) is 4.90 Å². The van der Waals surface area contributed by atoms with Gasteiger partial charge in [-0.05, 0) is 55.5 Å². The fourth-order valence-corrected chi connectivity index (χ4v) is 3.29. The molecule has 1 N–H and O–H groups in total. The van der Waals surface area contributed by atoms with Crippen molar-refractivity contribution in [2.24, 2.45) is 0 Å². The van der Waals surface area contributed by atoms with E-state index in [0.29, 0.717) is 12.0 Å². The van der Waals surface area contributed by atoms with E-state index in [1.54, 1.807) is 31.4 Å². The van der Waals surface area contributed by atoms with E-state index < -0.39 is 0 Å². The lowest BCUT2D eigenvalue weighted by atomic mass is 10.1. The molecule has 6 nitrogen and oxygen atoms in total. The molecule has 2 aromatic rings. The zero-order valence-electron chi connectivity index (χ0n) is 16.5. The number of anilines is 2. The van der Waals surface area contributed by atoms with Gasteiger partial charge in [-0.1, -0.05) is 0 Å². The summed E-state index contributed by atoms with van der Waals surface area (Å²) in [5.74, 6) is 0.879. The summed E-state index contributed by atoms with van der Waals surface area (Å²) in [6, 6.07) is 15.1. The third kappa shape index (κ3) is 5.33. The molecule has 0 aromatic heterocycles. The van der Waals surface area contributed by atoms with Crippen molar-refractivity contribution in [2.75, 3.05) is 50.1 Å². The zero-order valence-corrected chi connectivity index (χ0v) is 16.5. The number of carbonyl (C=O) groups is 2. The van der Waals surface area contributed by atoms with E-state index in [2.05, 4.69) is 27.2 Å². The first-order valence-electron chi connectivity index (χ1n) is 9.57. The van der Waals surface area contributed by atoms with Gasteiger partial charge in [-0.2, -0.15) is 0 Å². The zero-order chi connectivity index (χ0) is 19.9. The van der Waals surface area contributed by atoms with Gasteiger partial charge in [-0.15, -0.1) is 0 Å². The molecule has 1 saturated heterocycles. The maximum absolute atomic E-state index is 12.2. The van der Waals surface area contributed by atoms with Crippen LogP contribution in [0, 0.1) is 0 Å². The SMILES string of the molecule is COc1ccc(N2CCN(CCC(=O)Nc3ccc(C(C)=O)cc3)CC2)cc1. The molecule has 1 heterocycles. The molecule has 0 unspecified atom stereocenters. The quantitative estimate of drug-likeness (QED) is 0.747. The number of amides is 1. The topological polar surface area (TPSA) is 61.9 Å². The van der Waals surface area contributed by atoms with Crippen LogP contribution in [0.5, 0.6) is 5.75 Å². The number of methoxy groups -OCH3 is 1. The fourth-order valence-electron chi connectivity index (χ4n) is 3.29. The molecule has 0 atom stereocenters. The van der Waals surface area contributed by atoms with E-state index in [-0.39, 0.29) is 11.7 Å². The van der Waals surface area contributed by atoms with Crippen molar-refractivity contribution in [1.29, 1.82) is 0 Å². The summed E-state index contributed by atoms with van der Waals surface area (Å²) in [6.07, 6.45) is 0.455. The van der Waals surface area contributed by atoms with Gasteiger partial charge in [-0.25, -0.2) is 0 Å². The number of carbonyl (C=O) groups excluding carboxylic acids is 2. The van der Waals surface area contributed by atoms with Gasteiger partial charge in [0.1, 0.15) is 5.75 Å². The number of piperazine rings is 1. The molecule has 0 spiro atoms. The Bertz CT molecular complexity index is 795. The second-order valence-corrected chi connectivity index (χ2v) is 6.96. The van der Waals surface area contributed by atoms with E-state index in [0.717, 1.165) is 44.2 Å². The van der Waals surface area contributed by atoms with E-state index in [9.17, 15) is 9.59 Å². The van der Waals surface area contributed by atoms with Crippen LogP contribution >= 0.6 is 0 Å². The molecule has 148 valence electrons. The molecular weight excluding hydrogens is 354 g/mol. The van der Waals surface area contributed by atoms with E-state index in [4.69, 9.17) is 4.74 Å². The number of nitrogens with zero attached hydrogens (tertiary/aromatic N) is 2.